The molecule has 0 radical (unpaired) electrons. The molecule has 0 spiro atoms. The molecule has 1 amide bonds. The second-order valence-electron chi connectivity index (χ2n) is 7.62. The first kappa shape index (κ1) is 22.6. The van der Waals surface area contributed by atoms with Crippen LogP contribution in [0, 0.1) is 0 Å². The van der Waals surface area contributed by atoms with Crippen molar-refractivity contribution < 1.29 is 22.7 Å². The van der Waals surface area contributed by atoms with Crippen molar-refractivity contribution in [3.8, 4) is 11.5 Å². The van der Waals surface area contributed by atoms with E-state index in [-0.39, 0.29) is 29.2 Å². The molecule has 162 valence electrons. The molecule has 1 heterocycles. The summed E-state index contributed by atoms with van der Waals surface area (Å²) in [7, 11) is -3.66. The van der Waals surface area contributed by atoms with E-state index in [1.54, 1.807) is 12.1 Å². The fourth-order valence-corrected chi connectivity index (χ4v) is 4.62. The molecule has 30 heavy (non-hydrogen) atoms. The topological polar surface area (TPSA) is 93.7 Å². The van der Waals surface area contributed by atoms with Gasteiger partial charge in [-0.25, -0.2) is 13.1 Å². The summed E-state index contributed by atoms with van der Waals surface area (Å²) in [6.45, 7) is 5.53. The lowest BCUT2D eigenvalue weighted by atomic mass is 9.84. The zero-order valence-corrected chi connectivity index (χ0v) is 19.3. The Hall–Kier alpha value is -2.10. The zero-order chi connectivity index (χ0) is 21.8. The van der Waals surface area contributed by atoms with Crippen molar-refractivity contribution in [3.05, 3.63) is 52.5 Å². The number of fused-ring (bicyclic) bond motifs is 1. The quantitative estimate of drug-likeness (QED) is 0.585. The molecule has 0 aromatic heterocycles. The summed E-state index contributed by atoms with van der Waals surface area (Å²) >= 11 is 3.25. The van der Waals surface area contributed by atoms with Gasteiger partial charge in [-0.2, -0.15) is 0 Å². The molecule has 0 saturated heterocycles. The van der Waals surface area contributed by atoms with Crippen molar-refractivity contribution in [2.75, 3.05) is 26.3 Å². The summed E-state index contributed by atoms with van der Waals surface area (Å²) in [6, 6.07) is 12.2. The van der Waals surface area contributed by atoms with Gasteiger partial charge in [0.2, 0.25) is 15.9 Å². The number of hydrogen-bond donors (Lipinski definition) is 2. The second-order valence-corrected chi connectivity index (χ2v) is 10.3. The van der Waals surface area contributed by atoms with Gasteiger partial charge in [-0.1, -0.05) is 41.9 Å². The number of nitrogens with one attached hydrogen (secondary N) is 2. The van der Waals surface area contributed by atoms with E-state index < -0.39 is 10.0 Å². The highest BCUT2D eigenvalue weighted by Gasteiger charge is 2.24. The fraction of sp³-hybridized carbons (Fsp3) is 0.381. The highest BCUT2D eigenvalue weighted by Crippen LogP contribution is 2.34. The molecule has 0 aliphatic carbocycles. The number of sulfonamides is 1. The van der Waals surface area contributed by atoms with Crippen LogP contribution in [0.15, 0.2) is 51.8 Å². The number of amides is 1. The van der Waals surface area contributed by atoms with E-state index in [2.05, 4.69) is 26.0 Å². The average molecular weight is 497 g/mol. The standard InChI is InChI=1S/C21H25BrN2O5S/c1-21(2,15-6-7-18-19(12-15)29-11-10-28-18)14-23-20(25)8-9-24-30(26,27)17-5-3-4-16(22)13-17/h3-7,12-13,24H,8-11,14H2,1-2H3,(H,23,25). The monoisotopic (exact) mass is 496 g/mol. The van der Waals surface area contributed by atoms with Crippen LogP contribution in [0.1, 0.15) is 25.8 Å². The number of hydrogen-bond acceptors (Lipinski definition) is 5. The molecule has 1 aliphatic rings. The van der Waals surface area contributed by atoms with Crippen molar-refractivity contribution in [2.24, 2.45) is 0 Å². The first-order valence-corrected chi connectivity index (χ1v) is 11.9. The van der Waals surface area contributed by atoms with Gasteiger partial charge in [0.1, 0.15) is 13.2 Å². The molecule has 1 aliphatic heterocycles. The van der Waals surface area contributed by atoms with E-state index in [1.807, 2.05) is 32.0 Å². The minimum Gasteiger partial charge on any atom is -0.486 e. The summed E-state index contributed by atoms with van der Waals surface area (Å²) in [5.41, 5.74) is 0.684. The summed E-state index contributed by atoms with van der Waals surface area (Å²) in [4.78, 5) is 12.4. The number of benzene rings is 2. The van der Waals surface area contributed by atoms with Crippen LogP contribution >= 0.6 is 15.9 Å². The lowest BCUT2D eigenvalue weighted by Gasteiger charge is -2.28. The third-order valence-electron chi connectivity index (χ3n) is 4.80. The maximum atomic E-state index is 12.3. The Kier molecular flexibility index (Phi) is 7.05. The maximum absolute atomic E-state index is 12.3. The van der Waals surface area contributed by atoms with Gasteiger partial charge in [-0.05, 0) is 35.9 Å². The van der Waals surface area contributed by atoms with Crippen molar-refractivity contribution in [2.45, 2.75) is 30.6 Å². The van der Waals surface area contributed by atoms with Gasteiger partial charge in [0.15, 0.2) is 11.5 Å². The molecule has 2 aromatic rings. The minimum atomic E-state index is -3.66. The SMILES string of the molecule is CC(C)(CNC(=O)CCNS(=O)(=O)c1cccc(Br)c1)c1ccc2c(c1)OCCO2. The zero-order valence-electron chi connectivity index (χ0n) is 16.9. The van der Waals surface area contributed by atoms with Gasteiger partial charge in [0, 0.05) is 29.4 Å². The summed E-state index contributed by atoms with van der Waals surface area (Å²) in [6.07, 6.45) is 0.0461. The molecule has 9 heteroatoms. The van der Waals surface area contributed by atoms with E-state index >= 15 is 0 Å². The van der Waals surface area contributed by atoms with Crippen molar-refractivity contribution in [1.29, 1.82) is 0 Å². The summed E-state index contributed by atoms with van der Waals surface area (Å²) < 4.78 is 38.9. The number of halogens is 1. The Balaban J connectivity index is 1.50. The van der Waals surface area contributed by atoms with E-state index in [1.165, 1.54) is 12.1 Å². The molecule has 0 unspecified atom stereocenters. The largest absolute Gasteiger partial charge is 0.486 e. The predicted octanol–water partition coefficient (Wildman–Crippen LogP) is 2.98. The highest BCUT2D eigenvalue weighted by atomic mass is 79.9. The third-order valence-corrected chi connectivity index (χ3v) is 6.75. The third kappa shape index (κ3) is 5.74. The van der Waals surface area contributed by atoms with Crippen molar-refractivity contribution in [1.82, 2.24) is 10.0 Å². The predicted molar refractivity (Wildman–Crippen MR) is 117 cm³/mol. The van der Waals surface area contributed by atoms with Crippen LogP contribution in [0.3, 0.4) is 0 Å². The lowest BCUT2D eigenvalue weighted by Crippen LogP contribution is -2.38. The fourth-order valence-electron chi connectivity index (χ4n) is 2.99. The molecule has 7 nitrogen and oxygen atoms in total. The Morgan fingerprint density at radius 3 is 2.57 bits per heavy atom. The van der Waals surface area contributed by atoms with Crippen LogP contribution in [-0.2, 0) is 20.2 Å². The second kappa shape index (κ2) is 9.36. The van der Waals surface area contributed by atoms with Crippen LogP contribution < -0.4 is 19.5 Å². The van der Waals surface area contributed by atoms with Crippen LogP contribution in [0.4, 0.5) is 0 Å². The molecule has 2 aromatic carbocycles. The van der Waals surface area contributed by atoms with Crippen LogP contribution in [0.5, 0.6) is 11.5 Å². The first-order chi connectivity index (χ1) is 14.2. The number of carbonyl (C=O) groups excluding carboxylic acids is 1. The number of ether oxygens (including phenoxy) is 2. The number of rotatable bonds is 8. The molecule has 3 rings (SSSR count). The van der Waals surface area contributed by atoms with Gasteiger partial charge in [0.05, 0.1) is 4.90 Å². The molecule has 0 bridgehead atoms. The van der Waals surface area contributed by atoms with E-state index in [0.717, 1.165) is 11.3 Å². The van der Waals surface area contributed by atoms with E-state index in [4.69, 9.17) is 9.47 Å². The van der Waals surface area contributed by atoms with Gasteiger partial charge < -0.3 is 14.8 Å². The Morgan fingerprint density at radius 2 is 1.83 bits per heavy atom. The highest BCUT2D eigenvalue weighted by molar-refractivity contribution is 9.10. The van der Waals surface area contributed by atoms with Crippen molar-refractivity contribution >= 4 is 31.9 Å². The minimum absolute atomic E-state index is 0.0190. The van der Waals surface area contributed by atoms with Crippen molar-refractivity contribution in [3.63, 3.8) is 0 Å². The smallest absolute Gasteiger partial charge is 0.240 e. The molecular formula is C21H25BrN2O5S. The lowest BCUT2D eigenvalue weighted by molar-refractivity contribution is -0.121. The van der Waals surface area contributed by atoms with Crippen LogP contribution in [-0.4, -0.2) is 40.6 Å². The van der Waals surface area contributed by atoms with Crippen LogP contribution in [0.2, 0.25) is 0 Å². The first-order valence-electron chi connectivity index (χ1n) is 9.59. The maximum Gasteiger partial charge on any atom is 0.240 e. The van der Waals surface area contributed by atoms with Gasteiger partial charge in [-0.3, -0.25) is 4.79 Å². The molecule has 0 atom stereocenters. The molecule has 2 N–H and O–H groups in total. The Labute approximate surface area is 185 Å². The molecular weight excluding hydrogens is 472 g/mol. The van der Waals surface area contributed by atoms with Crippen LogP contribution in [0.25, 0.3) is 0 Å². The normalized spacial score (nSPS) is 13.7. The van der Waals surface area contributed by atoms with Gasteiger partial charge in [0.25, 0.3) is 0 Å². The van der Waals surface area contributed by atoms with E-state index in [9.17, 15) is 13.2 Å². The molecule has 0 fully saturated rings. The Bertz CT molecular complexity index is 1020. The summed E-state index contributed by atoms with van der Waals surface area (Å²) in [5.74, 6) is 1.21. The summed E-state index contributed by atoms with van der Waals surface area (Å²) in [5, 5.41) is 2.88. The van der Waals surface area contributed by atoms with Gasteiger partial charge >= 0.3 is 0 Å². The molecule has 0 saturated carbocycles. The van der Waals surface area contributed by atoms with E-state index in [0.29, 0.717) is 30.0 Å². The average Bonchev–Trinajstić information content (AvgIpc) is 2.72. The van der Waals surface area contributed by atoms with Gasteiger partial charge in [-0.15, -0.1) is 0 Å². The Morgan fingerprint density at radius 1 is 1.10 bits per heavy atom. The number of carbonyl (C=O) groups is 1.